The SMILES string of the molecule is CC(c1ccc(F)cc1Br)N1CCC(N)(C(=O)O)C1. The second-order valence-electron chi connectivity index (χ2n) is 5.02. The van der Waals surface area contributed by atoms with Gasteiger partial charge in [-0.3, -0.25) is 9.69 Å². The fraction of sp³-hybridized carbons (Fsp3) is 0.462. The van der Waals surface area contributed by atoms with E-state index in [1.165, 1.54) is 12.1 Å². The first-order valence-corrected chi connectivity index (χ1v) is 6.84. The molecule has 1 fully saturated rings. The molecule has 0 bridgehead atoms. The number of carboxylic acids is 1. The molecular weight excluding hydrogens is 315 g/mol. The lowest BCUT2D eigenvalue weighted by atomic mass is 10.0. The highest BCUT2D eigenvalue weighted by atomic mass is 79.9. The van der Waals surface area contributed by atoms with E-state index in [-0.39, 0.29) is 11.9 Å². The highest BCUT2D eigenvalue weighted by Crippen LogP contribution is 2.32. The van der Waals surface area contributed by atoms with Crippen LogP contribution in [0.25, 0.3) is 0 Å². The highest BCUT2D eigenvalue weighted by Gasteiger charge is 2.42. The van der Waals surface area contributed by atoms with Gasteiger partial charge in [0.2, 0.25) is 0 Å². The molecule has 1 aromatic rings. The maximum atomic E-state index is 13.1. The number of carbonyl (C=O) groups is 1. The minimum atomic E-state index is -1.18. The number of rotatable bonds is 3. The summed E-state index contributed by atoms with van der Waals surface area (Å²) >= 11 is 3.34. The minimum Gasteiger partial charge on any atom is -0.480 e. The lowest BCUT2D eigenvalue weighted by molar-refractivity contribution is -0.142. The van der Waals surface area contributed by atoms with Crippen molar-refractivity contribution < 1.29 is 14.3 Å². The monoisotopic (exact) mass is 330 g/mol. The average Bonchev–Trinajstić information content (AvgIpc) is 2.73. The first kappa shape index (κ1) is 14.4. The molecule has 2 atom stereocenters. The second-order valence-corrected chi connectivity index (χ2v) is 5.88. The Balaban J connectivity index is 2.17. The molecule has 6 heteroatoms. The van der Waals surface area contributed by atoms with Crippen LogP contribution in [0.5, 0.6) is 0 Å². The van der Waals surface area contributed by atoms with Crippen LogP contribution in [0.2, 0.25) is 0 Å². The van der Waals surface area contributed by atoms with Gasteiger partial charge in [0.05, 0.1) is 0 Å². The third-order valence-corrected chi connectivity index (χ3v) is 4.40. The van der Waals surface area contributed by atoms with Crippen molar-refractivity contribution in [2.45, 2.75) is 24.9 Å². The molecule has 1 aliphatic heterocycles. The van der Waals surface area contributed by atoms with Crippen LogP contribution < -0.4 is 5.73 Å². The molecule has 104 valence electrons. The Morgan fingerprint density at radius 2 is 2.32 bits per heavy atom. The smallest absolute Gasteiger partial charge is 0.325 e. The molecule has 2 unspecified atom stereocenters. The van der Waals surface area contributed by atoms with Crippen molar-refractivity contribution in [3.63, 3.8) is 0 Å². The van der Waals surface area contributed by atoms with Crippen molar-refractivity contribution >= 4 is 21.9 Å². The highest BCUT2D eigenvalue weighted by molar-refractivity contribution is 9.10. The molecule has 1 aromatic carbocycles. The van der Waals surface area contributed by atoms with Gasteiger partial charge in [-0.25, -0.2) is 4.39 Å². The summed E-state index contributed by atoms with van der Waals surface area (Å²) in [5, 5.41) is 9.12. The van der Waals surface area contributed by atoms with Crippen molar-refractivity contribution in [3.05, 3.63) is 34.1 Å². The number of benzene rings is 1. The van der Waals surface area contributed by atoms with E-state index in [0.717, 1.165) is 5.56 Å². The number of likely N-dealkylation sites (tertiary alicyclic amines) is 1. The van der Waals surface area contributed by atoms with E-state index in [0.29, 0.717) is 24.0 Å². The lowest BCUT2D eigenvalue weighted by Crippen LogP contribution is -2.50. The first-order valence-electron chi connectivity index (χ1n) is 6.05. The van der Waals surface area contributed by atoms with Gasteiger partial charge in [-0.05, 0) is 31.0 Å². The number of halogens is 2. The Kier molecular flexibility index (Phi) is 3.94. The normalized spacial score (nSPS) is 25.5. The quantitative estimate of drug-likeness (QED) is 0.891. The first-order chi connectivity index (χ1) is 8.83. The Morgan fingerprint density at radius 3 is 2.84 bits per heavy atom. The van der Waals surface area contributed by atoms with E-state index in [1.807, 2.05) is 11.8 Å². The van der Waals surface area contributed by atoms with Crippen LogP contribution in [0.4, 0.5) is 4.39 Å². The fourth-order valence-electron chi connectivity index (χ4n) is 2.41. The largest absolute Gasteiger partial charge is 0.480 e. The molecule has 1 saturated heterocycles. The van der Waals surface area contributed by atoms with Crippen LogP contribution in [0.1, 0.15) is 24.9 Å². The van der Waals surface area contributed by atoms with Crippen LogP contribution in [-0.2, 0) is 4.79 Å². The van der Waals surface area contributed by atoms with Gasteiger partial charge < -0.3 is 10.8 Å². The summed E-state index contributed by atoms with van der Waals surface area (Å²) in [6, 6.07) is 4.51. The third kappa shape index (κ3) is 2.80. The van der Waals surface area contributed by atoms with Gasteiger partial charge >= 0.3 is 5.97 Å². The number of aliphatic carboxylic acids is 1. The van der Waals surface area contributed by atoms with Crippen LogP contribution in [0.15, 0.2) is 22.7 Å². The summed E-state index contributed by atoms with van der Waals surface area (Å²) in [5.41, 5.74) is 5.60. The molecule has 3 N–H and O–H groups in total. The van der Waals surface area contributed by atoms with Gasteiger partial charge in [-0.2, -0.15) is 0 Å². The van der Waals surface area contributed by atoms with Crippen LogP contribution >= 0.6 is 15.9 Å². The predicted octanol–water partition coefficient (Wildman–Crippen LogP) is 2.14. The van der Waals surface area contributed by atoms with Gasteiger partial charge in [-0.1, -0.05) is 22.0 Å². The van der Waals surface area contributed by atoms with E-state index in [4.69, 9.17) is 10.8 Å². The Labute approximate surface area is 119 Å². The van der Waals surface area contributed by atoms with E-state index in [1.54, 1.807) is 6.07 Å². The number of hydrogen-bond acceptors (Lipinski definition) is 3. The molecule has 0 saturated carbocycles. The number of nitrogens with zero attached hydrogens (tertiary/aromatic N) is 1. The topological polar surface area (TPSA) is 66.6 Å². The zero-order valence-corrected chi connectivity index (χ0v) is 12.2. The fourth-order valence-corrected chi connectivity index (χ4v) is 3.09. The van der Waals surface area contributed by atoms with Gasteiger partial charge in [0.25, 0.3) is 0 Å². The Morgan fingerprint density at radius 1 is 1.63 bits per heavy atom. The van der Waals surface area contributed by atoms with Crippen LogP contribution in [-0.4, -0.2) is 34.6 Å². The molecule has 4 nitrogen and oxygen atoms in total. The van der Waals surface area contributed by atoms with Crippen LogP contribution in [0.3, 0.4) is 0 Å². The molecule has 2 rings (SSSR count). The van der Waals surface area contributed by atoms with E-state index in [2.05, 4.69) is 15.9 Å². The summed E-state index contributed by atoms with van der Waals surface area (Å²) in [6.07, 6.45) is 0.422. The van der Waals surface area contributed by atoms with Crippen molar-refractivity contribution in [1.29, 1.82) is 0 Å². The molecule has 0 aliphatic carbocycles. The summed E-state index contributed by atoms with van der Waals surface area (Å²) in [4.78, 5) is 13.1. The summed E-state index contributed by atoms with van der Waals surface area (Å²) in [5.74, 6) is -1.27. The maximum absolute atomic E-state index is 13.1. The van der Waals surface area contributed by atoms with E-state index < -0.39 is 11.5 Å². The summed E-state index contributed by atoms with van der Waals surface area (Å²) < 4.78 is 13.8. The Hall–Kier alpha value is -0.980. The average molecular weight is 331 g/mol. The third-order valence-electron chi connectivity index (χ3n) is 3.72. The second kappa shape index (κ2) is 5.19. The molecule has 0 radical (unpaired) electrons. The summed E-state index contributed by atoms with van der Waals surface area (Å²) in [6.45, 7) is 2.88. The van der Waals surface area contributed by atoms with E-state index >= 15 is 0 Å². The number of nitrogens with two attached hydrogens (primary N) is 1. The zero-order valence-electron chi connectivity index (χ0n) is 10.6. The molecule has 0 aromatic heterocycles. The van der Waals surface area contributed by atoms with Gasteiger partial charge in [0, 0.05) is 23.6 Å². The van der Waals surface area contributed by atoms with Crippen molar-refractivity contribution in [2.75, 3.05) is 13.1 Å². The Bertz CT molecular complexity index is 511. The zero-order chi connectivity index (χ0) is 14.2. The van der Waals surface area contributed by atoms with Gasteiger partial charge in [0.1, 0.15) is 11.4 Å². The predicted molar refractivity (Wildman–Crippen MR) is 73.3 cm³/mol. The van der Waals surface area contributed by atoms with Gasteiger partial charge in [0.15, 0.2) is 0 Å². The number of hydrogen-bond donors (Lipinski definition) is 2. The molecule has 0 spiro atoms. The van der Waals surface area contributed by atoms with Crippen LogP contribution in [0, 0.1) is 5.82 Å². The molecule has 1 aliphatic rings. The molecule has 0 amide bonds. The molecular formula is C13H16BrFN2O2. The maximum Gasteiger partial charge on any atom is 0.325 e. The molecule has 1 heterocycles. The van der Waals surface area contributed by atoms with E-state index in [9.17, 15) is 9.18 Å². The van der Waals surface area contributed by atoms with Crippen molar-refractivity contribution in [1.82, 2.24) is 4.90 Å². The summed E-state index contributed by atoms with van der Waals surface area (Å²) in [7, 11) is 0. The molecule has 19 heavy (non-hydrogen) atoms. The van der Waals surface area contributed by atoms with Crippen molar-refractivity contribution in [3.8, 4) is 0 Å². The van der Waals surface area contributed by atoms with Crippen molar-refractivity contribution in [2.24, 2.45) is 5.73 Å². The standard InChI is InChI=1S/C13H16BrFN2O2/c1-8(10-3-2-9(15)6-11(10)14)17-5-4-13(16,7-17)12(18)19/h2-3,6,8H,4-5,7,16H2,1H3,(H,18,19). The lowest BCUT2D eigenvalue weighted by Gasteiger charge is -2.27. The van der Waals surface area contributed by atoms with Gasteiger partial charge in [-0.15, -0.1) is 0 Å². The minimum absolute atomic E-state index is 0.0141. The number of carboxylic acid groups (broad SMARTS) is 1.